The van der Waals surface area contributed by atoms with E-state index in [-0.39, 0.29) is 0 Å². The molecule has 20 heavy (non-hydrogen) atoms. The van der Waals surface area contributed by atoms with Crippen LogP contribution in [0.2, 0.25) is 0 Å². The quantitative estimate of drug-likeness (QED) is 0.642. The van der Waals surface area contributed by atoms with Crippen LogP contribution in [0, 0.1) is 12.8 Å². The zero-order valence-corrected chi connectivity index (χ0v) is 13.7. The van der Waals surface area contributed by atoms with E-state index in [1.807, 2.05) is 0 Å². The molecular weight excluding hydrogens is 246 g/mol. The van der Waals surface area contributed by atoms with Gasteiger partial charge in [0.2, 0.25) is 0 Å². The Morgan fingerprint density at radius 1 is 1.10 bits per heavy atom. The molecule has 1 aromatic carbocycles. The molecule has 0 fully saturated rings. The zero-order valence-electron chi connectivity index (χ0n) is 13.7. The van der Waals surface area contributed by atoms with Gasteiger partial charge >= 0.3 is 0 Å². The Hall–Kier alpha value is -1.02. The van der Waals surface area contributed by atoms with Gasteiger partial charge in [-0.3, -0.25) is 0 Å². The van der Waals surface area contributed by atoms with Gasteiger partial charge in [0.25, 0.3) is 0 Å². The van der Waals surface area contributed by atoms with Crippen molar-refractivity contribution in [2.24, 2.45) is 5.92 Å². The number of methoxy groups -OCH3 is 1. The van der Waals surface area contributed by atoms with Gasteiger partial charge < -0.3 is 10.1 Å². The summed E-state index contributed by atoms with van der Waals surface area (Å²) in [5.41, 5.74) is 2.67. The molecule has 0 atom stereocenters. The van der Waals surface area contributed by atoms with Crippen LogP contribution in [0.1, 0.15) is 50.7 Å². The lowest BCUT2D eigenvalue weighted by atomic mass is 10.0. The Balaban J connectivity index is 2.13. The maximum atomic E-state index is 5.42. The normalized spacial score (nSPS) is 11.1. The molecule has 2 heteroatoms. The van der Waals surface area contributed by atoms with Gasteiger partial charge in [0, 0.05) is 0 Å². The molecule has 0 saturated heterocycles. The molecule has 1 aromatic rings. The lowest BCUT2D eigenvalue weighted by molar-refractivity contribution is 0.408. The van der Waals surface area contributed by atoms with Crippen molar-refractivity contribution in [2.75, 3.05) is 20.2 Å². The second-order valence-corrected chi connectivity index (χ2v) is 6.08. The number of hydrogen-bond acceptors (Lipinski definition) is 2. The number of hydrogen-bond donors (Lipinski definition) is 1. The van der Waals surface area contributed by atoms with Gasteiger partial charge in [-0.25, -0.2) is 0 Å². The lowest BCUT2D eigenvalue weighted by Crippen LogP contribution is -2.20. The van der Waals surface area contributed by atoms with Crippen molar-refractivity contribution in [3.63, 3.8) is 0 Å². The minimum atomic E-state index is 0.754. The second kappa shape index (κ2) is 9.82. The van der Waals surface area contributed by atoms with Crippen molar-refractivity contribution in [3.05, 3.63) is 29.3 Å². The van der Waals surface area contributed by atoms with Crippen LogP contribution in [0.15, 0.2) is 18.2 Å². The minimum Gasteiger partial charge on any atom is -0.496 e. The van der Waals surface area contributed by atoms with Gasteiger partial charge in [-0.05, 0) is 56.8 Å². The van der Waals surface area contributed by atoms with Crippen LogP contribution in [0.5, 0.6) is 5.75 Å². The van der Waals surface area contributed by atoms with Gasteiger partial charge in [-0.1, -0.05) is 44.4 Å². The Bertz CT molecular complexity index is 374. The van der Waals surface area contributed by atoms with Crippen LogP contribution in [0.4, 0.5) is 0 Å². The number of aryl methyl sites for hydroxylation is 2. The van der Waals surface area contributed by atoms with E-state index in [0.29, 0.717) is 0 Å². The van der Waals surface area contributed by atoms with E-state index in [1.54, 1.807) is 7.11 Å². The molecule has 0 aliphatic heterocycles. The van der Waals surface area contributed by atoms with Gasteiger partial charge in [0.1, 0.15) is 5.75 Å². The Labute approximate surface area is 124 Å². The number of rotatable bonds is 10. The van der Waals surface area contributed by atoms with E-state index in [0.717, 1.165) is 31.2 Å². The van der Waals surface area contributed by atoms with E-state index in [4.69, 9.17) is 4.74 Å². The monoisotopic (exact) mass is 277 g/mol. The molecule has 0 aliphatic rings. The molecule has 2 nitrogen and oxygen atoms in total. The number of unbranched alkanes of at least 4 members (excludes halogenated alkanes) is 3. The summed E-state index contributed by atoms with van der Waals surface area (Å²) in [4.78, 5) is 0. The maximum Gasteiger partial charge on any atom is 0.122 e. The first-order chi connectivity index (χ1) is 9.63. The van der Waals surface area contributed by atoms with E-state index in [9.17, 15) is 0 Å². The summed E-state index contributed by atoms with van der Waals surface area (Å²) in [6.45, 7) is 8.94. The fraction of sp³-hybridized carbons (Fsp3) is 0.667. The average Bonchev–Trinajstić information content (AvgIpc) is 2.41. The summed E-state index contributed by atoms with van der Waals surface area (Å²) in [6.07, 6.45) is 6.30. The van der Waals surface area contributed by atoms with Gasteiger partial charge in [-0.15, -0.1) is 0 Å². The first-order valence-corrected chi connectivity index (χ1v) is 7.97. The molecule has 0 amide bonds. The van der Waals surface area contributed by atoms with Gasteiger partial charge in [-0.2, -0.15) is 0 Å². The molecule has 0 aliphatic carbocycles. The van der Waals surface area contributed by atoms with E-state index in [1.165, 1.54) is 36.8 Å². The SMILES string of the molecule is COc1ccc(C)cc1CCCCCCNCC(C)C. The summed E-state index contributed by atoms with van der Waals surface area (Å²) < 4.78 is 5.42. The van der Waals surface area contributed by atoms with Crippen molar-refractivity contribution >= 4 is 0 Å². The Kier molecular flexibility index (Phi) is 8.36. The highest BCUT2D eigenvalue weighted by molar-refractivity contribution is 5.36. The predicted molar refractivity (Wildman–Crippen MR) is 87.6 cm³/mol. The molecule has 1 N–H and O–H groups in total. The van der Waals surface area contributed by atoms with Crippen LogP contribution in [-0.2, 0) is 6.42 Å². The molecule has 0 unspecified atom stereocenters. The summed E-state index contributed by atoms with van der Waals surface area (Å²) in [5, 5.41) is 3.50. The molecule has 0 spiro atoms. The van der Waals surface area contributed by atoms with Gasteiger partial charge in [0.15, 0.2) is 0 Å². The van der Waals surface area contributed by atoms with E-state index >= 15 is 0 Å². The number of ether oxygens (including phenoxy) is 1. The third-order valence-corrected chi connectivity index (χ3v) is 3.54. The third kappa shape index (κ3) is 6.95. The van der Waals surface area contributed by atoms with E-state index in [2.05, 4.69) is 44.3 Å². The largest absolute Gasteiger partial charge is 0.496 e. The van der Waals surface area contributed by atoms with Crippen molar-refractivity contribution in [1.82, 2.24) is 5.32 Å². The second-order valence-electron chi connectivity index (χ2n) is 6.08. The van der Waals surface area contributed by atoms with Crippen molar-refractivity contribution in [3.8, 4) is 5.75 Å². The highest BCUT2D eigenvalue weighted by Gasteiger charge is 2.02. The fourth-order valence-corrected chi connectivity index (χ4v) is 2.41. The highest BCUT2D eigenvalue weighted by atomic mass is 16.5. The molecule has 0 aromatic heterocycles. The standard InChI is InChI=1S/C18H31NO/c1-15(2)14-19-12-8-6-5-7-9-17-13-16(3)10-11-18(17)20-4/h10-11,13,15,19H,5-9,12,14H2,1-4H3. The van der Waals surface area contributed by atoms with Crippen molar-refractivity contribution < 1.29 is 4.74 Å². The van der Waals surface area contributed by atoms with Crippen LogP contribution in [-0.4, -0.2) is 20.2 Å². The topological polar surface area (TPSA) is 21.3 Å². The molecular formula is C18H31NO. The molecule has 1 rings (SSSR count). The fourth-order valence-electron chi connectivity index (χ4n) is 2.41. The molecule has 114 valence electrons. The maximum absolute atomic E-state index is 5.42. The molecule has 0 radical (unpaired) electrons. The molecule has 0 heterocycles. The first kappa shape index (κ1) is 17.0. The summed E-state index contributed by atoms with van der Waals surface area (Å²) in [6, 6.07) is 6.45. The Morgan fingerprint density at radius 3 is 2.55 bits per heavy atom. The van der Waals surface area contributed by atoms with Crippen LogP contribution >= 0.6 is 0 Å². The van der Waals surface area contributed by atoms with Crippen LogP contribution in [0.25, 0.3) is 0 Å². The summed E-state index contributed by atoms with van der Waals surface area (Å²) in [5.74, 6) is 1.79. The smallest absolute Gasteiger partial charge is 0.122 e. The number of nitrogens with one attached hydrogen (secondary N) is 1. The third-order valence-electron chi connectivity index (χ3n) is 3.54. The van der Waals surface area contributed by atoms with E-state index < -0.39 is 0 Å². The highest BCUT2D eigenvalue weighted by Crippen LogP contribution is 2.21. The first-order valence-electron chi connectivity index (χ1n) is 7.97. The number of benzene rings is 1. The van der Waals surface area contributed by atoms with Crippen LogP contribution in [0.3, 0.4) is 0 Å². The average molecular weight is 277 g/mol. The van der Waals surface area contributed by atoms with Crippen molar-refractivity contribution in [2.45, 2.75) is 52.9 Å². The lowest BCUT2D eigenvalue weighted by Gasteiger charge is -2.10. The minimum absolute atomic E-state index is 0.754. The Morgan fingerprint density at radius 2 is 1.85 bits per heavy atom. The summed E-state index contributed by atoms with van der Waals surface area (Å²) >= 11 is 0. The predicted octanol–water partition coefficient (Wildman–Crippen LogP) is 4.35. The van der Waals surface area contributed by atoms with Crippen molar-refractivity contribution in [1.29, 1.82) is 0 Å². The van der Waals surface area contributed by atoms with Crippen LogP contribution < -0.4 is 10.1 Å². The van der Waals surface area contributed by atoms with Gasteiger partial charge in [0.05, 0.1) is 7.11 Å². The molecule has 0 bridgehead atoms. The summed E-state index contributed by atoms with van der Waals surface area (Å²) in [7, 11) is 1.76. The zero-order chi connectivity index (χ0) is 14.8. The molecule has 0 saturated carbocycles.